The summed E-state index contributed by atoms with van der Waals surface area (Å²) in [6.07, 6.45) is -11.7. The van der Waals surface area contributed by atoms with Gasteiger partial charge in [0.1, 0.15) is 24.5 Å². The van der Waals surface area contributed by atoms with Crippen molar-refractivity contribution in [2.45, 2.75) is 70.5 Å². The maximum absolute atomic E-state index is 14.1. The molecule has 0 radical (unpaired) electrons. The average molecular weight is 699 g/mol. The molecule has 10 nitrogen and oxygen atoms in total. The maximum Gasteiger partial charge on any atom is 0.471 e. The smallest absolute Gasteiger partial charge is 0.471 e. The van der Waals surface area contributed by atoms with E-state index in [-0.39, 0.29) is 25.9 Å². The Morgan fingerprint density at radius 2 is 1.75 bits per heavy atom. The zero-order chi connectivity index (χ0) is 35.9. The lowest BCUT2D eigenvalue weighted by Gasteiger charge is -2.36. The number of nitrogens with one attached hydrogen (secondary N) is 3. The number of carbonyl (C=O) groups is 5. The molecular weight excluding hydrogens is 664 g/mol. The van der Waals surface area contributed by atoms with Crippen LogP contribution in [0, 0.1) is 40.7 Å². The van der Waals surface area contributed by atoms with Crippen LogP contribution in [0.25, 0.3) is 0 Å². The van der Waals surface area contributed by atoms with Crippen molar-refractivity contribution >= 4 is 29.4 Å². The number of amides is 4. The topological polar surface area (TPSA) is 134 Å². The van der Waals surface area contributed by atoms with Gasteiger partial charge < -0.3 is 25.6 Å². The molecule has 4 amide bonds. The number of carbonyl (C=O) groups excluding carboxylic acids is 5. The number of hydrogen-bond donors (Lipinski definition) is 3. The molecule has 1 saturated carbocycles. The number of ketones is 1. The van der Waals surface area contributed by atoms with E-state index < -0.39 is 119 Å². The second kappa shape index (κ2) is 13.5. The summed E-state index contributed by atoms with van der Waals surface area (Å²) in [5.41, 5.74) is -0.633. The van der Waals surface area contributed by atoms with Crippen LogP contribution in [-0.2, 0) is 24.0 Å². The number of alkyl halides is 6. The number of rotatable bonds is 12. The first-order chi connectivity index (χ1) is 22.2. The van der Waals surface area contributed by atoms with Crippen LogP contribution < -0.4 is 20.7 Å². The molecule has 18 heteroatoms. The highest BCUT2D eigenvalue weighted by Gasteiger charge is 2.70. The Morgan fingerprint density at radius 1 is 1.08 bits per heavy atom. The Morgan fingerprint density at radius 3 is 2.29 bits per heavy atom. The van der Waals surface area contributed by atoms with Crippen molar-refractivity contribution in [3.05, 3.63) is 29.8 Å². The Labute approximate surface area is 269 Å². The minimum atomic E-state index is -5.62. The molecule has 3 aliphatic rings. The average Bonchev–Trinajstić information content (AvgIpc) is 3.31. The number of benzene rings is 1. The van der Waals surface area contributed by atoms with Crippen LogP contribution in [-0.4, -0.2) is 84.5 Å². The van der Waals surface area contributed by atoms with Crippen LogP contribution >= 0.6 is 0 Å². The van der Waals surface area contributed by atoms with Crippen LogP contribution in [0.15, 0.2) is 18.2 Å². The van der Waals surface area contributed by atoms with Crippen molar-refractivity contribution in [2.24, 2.45) is 29.1 Å². The second-order valence-electron chi connectivity index (χ2n) is 12.8. The lowest BCUT2D eigenvalue weighted by atomic mass is 9.92. The van der Waals surface area contributed by atoms with Crippen molar-refractivity contribution in [1.82, 2.24) is 20.9 Å². The summed E-state index contributed by atoms with van der Waals surface area (Å²) >= 11 is 0. The van der Waals surface area contributed by atoms with E-state index in [1.165, 1.54) is 5.32 Å². The summed E-state index contributed by atoms with van der Waals surface area (Å²) < 4.78 is 114. The third-order valence-electron chi connectivity index (χ3n) is 9.48. The van der Waals surface area contributed by atoms with Gasteiger partial charge in [-0.3, -0.25) is 24.0 Å². The molecule has 2 aliphatic heterocycles. The van der Waals surface area contributed by atoms with Gasteiger partial charge in [-0.15, -0.1) is 0 Å². The second-order valence-corrected chi connectivity index (χ2v) is 12.8. The monoisotopic (exact) mass is 698 g/mol. The summed E-state index contributed by atoms with van der Waals surface area (Å²) in [5.74, 6) is -13.8. The number of ether oxygens (including phenoxy) is 1. The van der Waals surface area contributed by atoms with Crippen LogP contribution in [0.5, 0.6) is 5.75 Å². The van der Waals surface area contributed by atoms with E-state index in [0.717, 1.165) is 19.1 Å². The predicted molar refractivity (Wildman–Crippen MR) is 149 cm³/mol. The normalized spacial score (nSPS) is 25.0. The van der Waals surface area contributed by atoms with Crippen molar-refractivity contribution in [1.29, 1.82) is 0 Å². The van der Waals surface area contributed by atoms with Gasteiger partial charge in [-0.25, -0.2) is 8.78 Å². The third kappa shape index (κ3) is 7.66. The molecular formula is C30H34F8N4O6. The molecule has 3 fully saturated rings. The van der Waals surface area contributed by atoms with Crippen molar-refractivity contribution in [3.8, 4) is 5.75 Å². The molecule has 1 aromatic rings. The summed E-state index contributed by atoms with van der Waals surface area (Å²) in [5, 5.41) is 6.18. The van der Waals surface area contributed by atoms with E-state index in [1.807, 2.05) is 0 Å². The standard InChI is InChI=1S/C30H34F8N4O6/c1-4-15(29(33,34)35)22(41-27(47)30(36,37)38)26(46)42-11-16-21(28(16,2)3)23(42)25(45)40-18(9-13-7-8-39-24(13)44)19(43)12-48-20-6-5-14(31)10-17(20)32/h5-6,10,13,15-16,18,21-23H,4,7-9,11-12H2,1-3H3,(H,39,44)(H,40,45)(H,41,47)/t13-,15-,16-,18-,21-,22-,23-/m0/s1. The van der Waals surface area contributed by atoms with Gasteiger partial charge in [0.2, 0.25) is 17.7 Å². The predicted octanol–water partition coefficient (Wildman–Crippen LogP) is 3.04. The molecule has 266 valence electrons. The van der Waals surface area contributed by atoms with Gasteiger partial charge >= 0.3 is 18.3 Å². The summed E-state index contributed by atoms with van der Waals surface area (Å²) in [6, 6.07) is -3.47. The molecule has 2 saturated heterocycles. The van der Waals surface area contributed by atoms with E-state index in [4.69, 9.17) is 4.74 Å². The molecule has 0 aromatic heterocycles. The van der Waals surface area contributed by atoms with E-state index in [2.05, 4.69) is 10.6 Å². The number of piperidine rings is 1. The largest absolute Gasteiger partial charge is 0.483 e. The molecule has 7 atom stereocenters. The minimum Gasteiger partial charge on any atom is -0.483 e. The number of hydrogen-bond acceptors (Lipinski definition) is 6. The number of likely N-dealkylation sites (tertiary alicyclic amines) is 1. The number of halogens is 8. The van der Waals surface area contributed by atoms with Crippen molar-refractivity contribution < 1.29 is 63.8 Å². The highest BCUT2D eigenvalue weighted by atomic mass is 19.4. The fourth-order valence-electron chi connectivity index (χ4n) is 6.73. The van der Waals surface area contributed by atoms with Crippen LogP contribution in [0.3, 0.4) is 0 Å². The number of fused-ring (bicyclic) bond motifs is 1. The van der Waals surface area contributed by atoms with Gasteiger partial charge in [-0.1, -0.05) is 20.8 Å². The molecule has 48 heavy (non-hydrogen) atoms. The third-order valence-corrected chi connectivity index (χ3v) is 9.48. The SMILES string of the molecule is CC[C@@H]([C@H](NC(=O)C(F)(F)F)C(=O)N1C[C@H]2[C@@H]([C@H]1C(=O)N[C@@H](C[C@@H]1CCNC1=O)C(=O)COc1ccc(F)cc1F)C2(C)C)C(F)(F)F. The van der Waals surface area contributed by atoms with Gasteiger partial charge in [0.15, 0.2) is 17.3 Å². The van der Waals surface area contributed by atoms with E-state index >= 15 is 0 Å². The quantitative estimate of drug-likeness (QED) is 0.288. The van der Waals surface area contributed by atoms with Gasteiger partial charge in [0.25, 0.3) is 0 Å². The van der Waals surface area contributed by atoms with Gasteiger partial charge in [-0.05, 0) is 48.6 Å². The summed E-state index contributed by atoms with van der Waals surface area (Å²) in [4.78, 5) is 65.6. The highest BCUT2D eigenvalue weighted by molar-refractivity contribution is 5.97. The van der Waals surface area contributed by atoms with Crippen molar-refractivity contribution in [2.75, 3.05) is 19.7 Å². The fourth-order valence-corrected chi connectivity index (χ4v) is 6.73. The molecule has 2 heterocycles. The summed E-state index contributed by atoms with van der Waals surface area (Å²) in [7, 11) is 0. The molecule has 1 aromatic carbocycles. The maximum atomic E-state index is 14.1. The first-order valence-corrected chi connectivity index (χ1v) is 15.1. The molecule has 1 aliphatic carbocycles. The molecule has 0 unspecified atom stereocenters. The Bertz CT molecular complexity index is 1450. The molecule has 3 N–H and O–H groups in total. The summed E-state index contributed by atoms with van der Waals surface area (Å²) in [6.45, 7) is 3.49. The molecule has 0 spiro atoms. The number of nitrogens with zero attached hydrogens (tertiary/aromatic N) is 1. The number of Topliss-reactive ketones (excluding diaryl/α,β-unsaturated/α-hetero) is 1. The van der Waals surface area contributed by atoms with E-state index in [1.54, 1.807) is 13.8 Å². The zero-order valence-electron chi connectivity index (χ0n) is 25.9. The van der Waals surface area contributed by atoms with Crippen LogP contribution in [0.4, 0.5) is 35.1 Å². The molecule has 4 rings (SSSR count). The van der Waals surface area contributed by atoms with Gasteiger partial charge in [-0.2, -0.15) is 26.3 Å². The Kier molecular flexibility index (Phi) is 10.4. The lowest BCUT2D eigenvalue weighted by molar-refractivity contribution is -0.195. The van der Waals surface area contributed by atoms with Crippen LogP contribution in [0.1, 0.15) is 40.0 Å². The minimum absolute atomic E-state index is 0.265. The van der Waals surface area contributed by atoms with E-state index in [9.17, 15) is 59.1 Å². The molecule has 0 bridgehead atoms. The highest BCUT2D eigenvalue weighted by Crippen LogP contribution is 2.65. The van der Waals surface area contributed by atoms with E-state index in [0.29, 0.717) is 11.0 Å². The zero-order valence-corrected chi connectivity index (χ0v) is 25.9. The van der Waals surface area contributed by atoms with Crippen molar-refractivity contribution in [3.63, 3.8) is 0 Å². The fraction of sp³-hybridized carbons (Fsp3) is 0.633. The first-order valence-electron chi connectivity index (χ1n) is 15.1. The van der Waals surface area contributed by atoms with Gasteiger partial charge in [0.05, 0.1) is 12.0 Å². The Hall–Kier alpha value is -3.99. The van der Waals surface area contributed by atoms with Gasteiger partial charge in [0, 0.05) is 25.1 Å². The van der Waals surface area contributed by atoms with Crippen LogP contribution in [0.2, 0.25) is 0 Å². The Balaban J connectivity index is 1.61. The lowest BCUT2D eigenvalue weighted by Crippen LogP contribution is -2.61. The first kappa shape index (κ1) is 36.8.